The molecule has 18 nitrogen and oxygen atoms in total. The molecule has 2 fully saturated rings. The molecule has 1 aliphatic heterocycles. The summed E-state index contributed by atoms with van der Waals surface area (Å²) in [4.78, 5) is 42.7. The molecular weight excluding hydrogens is 778 g/mol. The van der Waals surface area contributed by atoms with Crippen LogP contribution in [0, 0.1) is 0 Å². The number of hydrogen-bond acceptors (Lipinski definition) is 14. The average molecular weight is 819 g/mol. The lowest BCUT2D eigenvalue weighted by molar-refractivity contribution is -0.291. The number of carbonyl (C=O) groups is 4. The first-order valence-electron chi connectivity index (χ1n) is 16.1. The SMILES string of the molecule is NC[C@H]1O[C@H](O[C@H]2[C@H](O)[C@@H](O)[C@H](NC(=O)OCc3ccccc3)C[C@@H]2N)[C@H](NC(=O)OCc2ccccc2)[C@@H](O)[C@@H]1O.O=C(O)C(F)(F)F.O=C(O)C(F)(F)F. The van der Waals surface area contributed by atoms with E-state index in [1.807, 2.05) is 12.1 Å². The van der Waals surface area contributed by atoms with Gasteiger partial charge in [-0.1, -0.05) is 60.7 Å². The minimum absolute atomic E-state index is 0.00745. The number of carboxylic acids is 2. The quantitative estimate of drug-likeness (QED) is 0.150. The Balaban J connectivity index is 0.000000657. The Labute approximate surface area is 312 Å². The van der Waals surface area contributed by atoms with Gasteiger partial charge in [0.25, 0.3) is 0 Å². The van der Waals surface area contributed by atoms with Gasteiger partial charge in [0, 0.05) is 12.6 Å². The number of halogens is 6. The highest BCUT2D eigenvalue weighted by atomic mass is 19.4. The van der Waals surface area contributed by atoms with E-state index in [1.54, 1.807) is 48.5 Å². The van der Waals surface area contributed by atoms with Crippen molar-refractivity contribution in [3.63, 3.8) is 0 Å². The standard InChI is InChI=1S/C28H38N4O10.2C2HF3O2/c29-12-19-22(34)23(35)20(32-28(38)40-14-16-9-5-2-6-10-16)26(41-19)42-25-17(30)11-18(21(33)24(25)36)31-27(37)39-13-15-7-3-1-4-8-15;2*3-2(4,5)1(6)7/h1-10,17-26,33-36H,11-14,29-30H2,(H,31,37)(H,32,38);2*(H,6,7)/t17-,18+,19+,20+,21-,22+,23+,24+,25+,26+;;/m0../s1. The summed E-state index contributed by atoms with van der Waals surface area (Å²) in [6.45, 7) is -0.244. The Bertz CT molecular complexity index is 1520. The topological polar surface area (TPSA) is 303 Å². The summed E-state index contributed by atoms with van der Waals surface area (Å²) in [6, 6.07) is 14.6. The lowest BCUT2D eigenvalue weighted by Crippen LogP contribution is -2.69. The molecule has 0 bridgehead atoms. The van der Waals surface area contributed by atoms with Crippen LogP contribution >= 0.6 is 0 Å². The second-order valence-corrected chi connectivity index (χ2v) is 11.9. The van der Waals surface area contributed by atoms with E-state index in [-0.39, 0.29) is 26.2 Å². The third kappa shape index (κ3) is 15.0. The van der Waals surface area contributed by atoms with Crippen LogP contribution in [0.2, 0.25) is 0 Å². The van der Waals surface area contributed by atoms with Gasteiger partial charge in [0.2, 0.25) is 0 Å². The predicted octanol–water partition coefficient (Wildman–Crippen LogP) is 0.0864. The zero-order valence-corrected chi connectivity index (χ0v) is 28.7. The third-order valence-electron chi connectivity index (χ3n) is 7.77. The number of aliphatic hydroxyl groups excluding tert-OH is 4. The van der Waals surface area contributed by atoms with Crippen LogP contribution in [0.25, 0.3) is 0 Å². The summed E-state index contributed by atoms with van der Waals surface area (Å²) >= 11 is 0. The van der Waals surface area contributed by atoms with Gasteiger partial charge >= 0.3 is 36.5 Å². The smallest absolute Gasteiger partial charge is 0.475 e. The Morgan fingerprint density at radius 2 is 1.14 bits per heavy atom. The molecule has 2 amide bonds. The van der Waals surface area contributed by atoms with Crippen molar-refractivity contribution in [3.05, 3.63) is 71.8 Å². The van der Waals surface area contributed by atoms with Crippen molar-refractivity contribution < 1.29 is 95.1 Å². The average Bonchev–Trinajstić information content (AvgIpc) is 3.13. The van der Waals surface area contributed by atoms with Crippen LogP contribution in [0.5, 0.6) is 0 Å². The second-order valence-electron chi connectivity index (χ2n) is 11.9. The van der Waals surface area contributed by atoms with Crippen LogP contribution in [0.1, 0.15) is 17.5 Å². The van der Waals surface area contributed by atoms with E-state index in [1.165, 1.54) is 0 Å². The number of aliphatic carboxylic acids is 2. The number of amides is 2. The maximum atomic E-state index is 12.6. The Hall–Kier alpha value is -4.82. The molecule has 1 saturated carbocycles. The number of ether oxygens (including phenoxy) is 4. The van der Waals surface area contributed by atoms with E-state index in [2.05, 4.69) is 10.6 Å². The van der Waals surface area contributed by atoms with Crippen molar-refractivity contribution in [3.8, 4) is 0 Å². The van der Waals surface area contributed by atoms with Gasteiger partial charge in [0.1, 0.15) is 55.9 Å². The van der Waals surface area contributed by atoms with Gasteiger partial charge in [-0.2, -0.15) is 26.3 Å². The third-order valence-corrected chi connectivity index (χ3v) is 7.77. The van der Waals surface area contributed by atoms with Gasteiger partial charge in [0.05, 0.1) is 6.04 Å². The lowest BCUT2D eigenvalue weighted by atomic mass is 9.84. The molecule has 2 aromatic rings. The monoisotopic (exact) mass is 818 g/mol. The first-order valence-corrected chi connectivity index (χ1v) is 16.1. The van der Waals surface area contributed by atoms with E-state index in [0.717, 1.165) is 11.1 Å². The summed E-state index contributed by atoms with van der Waals surface area (Å²) in [5.74, 6) is -5.51. The molecule has 0 radical (unpaired) electrons. The van der Waals surface area contributed by atoms with E-state index in [4.69, 9.17) is 50.2 Å². The fourth-order valence-corrected chi connectivity index (χ4v) is 4.95. The van der Waals surface area contributed by atoms with Gasteiger partial charge in [0.15, 0.2) is 6.29 Å². The van der Waals surface area contributed by atoms with Gasteiger partial charge in [-0.05, 0) is 17.5 Å². The summed E-state index contributed by atoms with van der Waals surface area (Å²) in [6.07, 6.45) is -21.9. The predicted molar refractivity (Wildman–Crippen MR) is 174 cm³/mol. The van der Waals surface area contributed by atoms with E-state index < -0.39 is 97.5 Å². The molecule has 2 aliphatic rings. The number of nitrogens with two attached hydrogens (primary N) is 2. The van der Waals surface area contributed by atoms with Crippen molar-refractivity contribution in [1.29, 1.82) is 0 Å². The molecule has 1 saturated heterocycles. The first kappa shape index (κ1) is 47.3. The molecule has 0 unspecified atom stereocenters. The second kappa shape index (κ2) is 21.5. The fourth-order valence-electron chi connectivity index (χ4n) is 4.95. The molecule has 1 aliphatic carbocycles. The number of alkyl carbamates (subject to hydrolysis) is 2. The first-order chi connectivity index (χ1) is 26.1. The van der Waals surface area contributed by atoms with Crippen LogP contribution in [0.4, 0.5) is 35.9 Å². The van der Waals surface area contributed by atoms with E-state index in [0.29, 0.717) is 0 Å². The maximum Gasteiger partial charge on any atom is 0.490 e. The highest BCUT2D eigenvalue weighted by Crippen LogP contribution is 2.29. The van der Waals surface area contributed by atoms with Gasteiger partial charge < -0.3 is 71.7 Å². The van der Waals surface area contributed by atoms with E-state index in [9.17, 15) is 56.4 Å². The molecule has 4 rings (SSSR count). The molecule has 56 heavy (non-hydrogen) atoms. The molecule has 24 heteroatoms. The molecule has 10 atom stereocenters. The van der Waals surface area contributed by atoms with Gasteiger partial charge in [-0.15, -0.1) is 0 Å². The molecule has 314 valence electrons. The Kier molecular flexibility index (Phi) is 18.1. The van der Waals surface area contributed by atoms with Gasteiger partial charge in [-0.25, -0.2) is 19.2 Å². The zero-order chi connectivity index (χ0) is 42.4. The molecule has 1 heterocycles. The van der Waals surface area contributed by atoms with Crippen LogP contribution in [-0.2, 0) is 41.8 Å². The molecular formula is C32H40F6N4O14. The molecule has 0 aromatic heterocycles. The summed E-state index contributed by atoms with van der Waals surface area (Å²) < 4.78 is 85.5. The van der Waals surface area contributed by atoms with Crippen molar-refractivity contribution in [2.45, 2.75) is 93.0 Å². The van der Waals surface area contributed by atoms with Crippen molar-refractivity contribution >= 4 is 24.1 Å². The van der Waals surface area contributed by atoms with Crippen LogP contribution < -0.4 is 22.1 Å². The minimum Gasteiger partial charge on any atom is -0.475 e. The number of carboxylic acid groups (broad SMARTS) is 2. The van der Waals surface area contributed by atoms with Crippen molar-refractivity contribution in [2.75, 3.05) is 6.54 Å². The number of benzene rings is 2. The van der Waals surface area contributed by atoms with Crippen LogP contribution in [0.3, 0.4) is 0 Å². The Morgan fingerprint density at radius 3 is 1.55 bits per heavy atom. The lowest BCUT2D eigenvalue weighted by Gasteiger charge is -2.47. The molecule has 0 spiro atoms. The zero-order valence-electron chi connectivity index (χ0n) is 28.7. The van der Waals surface area contributed by atoms with Crippen molar-refractivity contribution in [1.82, 2.24) is 10.6 Å². The summed E-state index contributed by atoms with van der Waals surface area (Å²) in [5.41, 5.74) is 13.5. The highest BCUT2D eigenvalue weighted by molar-refractivity contribution is 5.73. The number of rotatable bonds is 9. The largest absolute Gasteiger partial charge is 0.490 e. The van der Waals surface area contributed by atoms with Crippen LogP contribution in [-0.4, -0.2) is 135 Å². The number of aliphatic hydroxyl groups is 4. The number of nitrogens with one attached hydrogen (secondary N) is 2. The number of carbonyl (C=O) groups excluding carboxylic acids is 2. The van der Waals surface area contributed by atoms with E-state index >= 15 is 0 Å². The van der Waals surface area contributed by atoms with Crippen LogP contribution in [0.15, 0.2) is 60.7 Å². The summed E-state index contributed by atoms with van der Waals surface area (Å²) in [7, 11) is 0. The number of alkyl halides is 6. The normalized spacial score (nSPS) is 27.5. The molecule has 12 N–H and O–H groups in total. The highest BCUT2D eigenvalue weighted by Gasteiger charge is 2.50. The Morgan fingerprint density at radius 1 is 0.714 bits per heavy atom. The fraction of sp³-hybridized carbons (Fsp3) is 0.500. The number of hydrogen-bond donors (Lipinski definition) is 10. The summed E-state index contributed by atoms with van der Waals surface area (Å²) in [5, 5.41) is 62.1. The van der Waals surface area contributed by atoms with Crippen molar-refractivity contribution in [2.24, 2.45) is 11.5 Å². The maximum absolute atomic E-state index is 12.6. The van der Waals surface area contributed by atoms with Gasteiger partial charge in [-0.3, -0.25) is 0 Å². The molecule has 2 aromatic carbocycles. The minimum atomic E-state index is -5.08.